The fraction of sp³-hybridized carbons (Fsp3) is 0.100. The molecule has 2 aromatic heterocycles. The zero-order valence-electron chi connectivity index (χ0n) is 14.6. The summed E-state index contributed by atoms with van der Waals surface area (Å²) < 4.78 is 14.8. The molecule has 2 aromatic carbocycles. The molecule has 6 nitrogen and oxygen atoms in total. The van der Waals surface area contributed by atoms with Crippen molar-refractivity contribution in [2.75, 3.05) is 0 Å². The summed E-state index contributed by atoms with van der Waals surface area (Å²) in [5, 5.41) is 15.0. The predicted molar refractivity (Wildman–Crippen MR) is 98.5 cm³/mol. The van der Waals surface area contributed by atoms with Crippen LogP contribution in [-0.4, -0.2) is 25.7 Å². The van der Waals surface area contributed by atoms with E-state index < -0.39 is 0 Å². The fourth-order valence-electron chi connectivity index (χ4n) is 2.80. The Morgan fingerprint density at radius 2 is 1.96 bits per heavy atom. The second-order valence-electron chi connectivity index (χ2n) is 6.22. The van der Waals surface area contributed by atoms with Crippen molar-refractivity contribution in [3.05, 3.63) is 83.6 Å². The molecule has 0 saturated carbocycles. The van der Waals surface area contributed by atoms with E-state index in [2.05, 4.69) is 20.6 Å². The number of nitrogens with zero attached hydrogens (tertiary/aromatic N) is 4. The summed E-state index contributed by atoms with van der Waals surface area (Å²) in [4.78, 5) is 12.6. The van der Waals surface area contributed by atoms with Crippen molar-refractivity contribution in [2.24, 2.45) is 0 Å². The van der Waals surface area contributed by atoms with Gasteiger partial charge >= 0.3 is 0 Å². The number of nitrogens with one attached hydrogen (secondary N) is 1. The third-order valence-electron chi connectivity index (χ3n) is 4.21. The van der Waals surface area contributed by atoms with E-state index in [-0.39, 0.29) is 24.0 Å². The Morgan fingerprint density at radius 1 is 1.15 bits per heavy atom. The third-order valence-corrected chi connectivity index (χ3v) is 4.21. The maximum Gasteiger partial charge on any atom is 0.272 e. The first-order chi connectivity index (χ1) is 13.1. The quantitative estimate of drug-likeness (QED) is 0.606. The van der Waals surface area contributed by atoms with Crippen LogP contribution in [0.3, 0.4) is 0 Å². The van der Waals surface area contributed by atoms with Crippen molar-refractivity contribution < 1.29 is 9.18 Å². The lowest BCUT2D eigenvalue weighted by Crippen LogP contribution is -2.24. The molecule has 1 N–H and O–H groups in total. The molecule has 0 saturated heterocycles. The van der Waals surface area contributed by atoms with E-state index in [1.165, 1.54) is 23.0 Å². The molecule has 27 heavy (non-hydrogen) atoms. The lowest BCUT2D eigenvalue weighted by atomic mass is 10.0. The zero-order valence-corrected chi connectivity index (χ0v) is 14.6. The SMILES string of the molecule is Cc1ccc(-c2cc(C(=O)NCc3cccc(F)c3)nn3cnnc23)cc1. The van der Waals surface area contributed by atoms with E-state index in [0.29, 0.717) is 11.2 Å². The summed E-state index contributed by atoms with van der Waals surface area (Å²) in [6, 6.07) is 15.7. The normalized spacial score (nSPS) is 10.9. The molecule has 0 aliphatic heterocycles. The lowest BCUT2D eigenvalue weighted by Gasteiger charge is -2.08. The number of aromatic nitrogens is 4. The minimum atomic E-state index is -0.358. The van der Waals surface area contributed by atoms with Gasteiger partial charge in [0.05, 0.1) is 0 Å². The Hall–Kier alpha value is -3.61. The van der Waals surface area contributed by atoms with Crippen LogP contribution in [0.5, 0.6) is 0 Å². The fourth-order valence-corrected chi connectivity index (χ4v) is 2.80. The second kappa shape index (κ2) is 6.95. The van der Waals surface area contributed by atoms with E-state index in [0.717, 1.165) is 16.7 Å². The van der Waals surface area contributed by atoms with Gasteiger partial charge in [-0.3, -0.25) is 4.79 Å². The van der Waals surface area contributed by atoms with Gasteiger partial charge in [-0.25, -0.2) is 4.39 Å². The largest absolute Gasteiger partial charge is 0.347 e. The van der Waals surface area contributed by atoms with Crippen LogP contribution >= 0.6 is 0 Å². The molecular formula is C20H16FN5O. The second-order valence-corrected chi connectivity index (χ2v) is 6.22. The van der Waals surface area contributed by atoms with Gasteiger partial charge in [-0.15, -0.1) is 10.2 Å². The first-order valence-corrected chi connectivity index (χ1v) is 8.41. The molecule has 0 fully saturated rings. The first kappa shape index (κ1) is 16.8. The summed E-state index contributed by atoms with van der Waals surface area (Å²) in [5.41, 5.74) is 4.29. The zero-order chi connectivity index (χ0) is 18.8. The number of rotatable bonds is 4. The van der Waals surface area contributed by atoms with E-state index >= 15 is 0 Å². The summed E-state index contributed by atoms with van der Waals surface area (Å²) in [7, 11) is 0. The van der Waals surface area contributed by atoms with Crippen LogP contribution in [0.15, 0.2) is 60.9 Å². The maximum absolute atomic E-state index is 13.3. The highest BCUT2D eigenvalue weighted by molar-refractivity contribution is 5.94. The Balaban J connectivity index is 1.65. The lowest BCUT2D eigenvalue weighted by molar-refractivity contribution is 0.0944. The number of hydrogen-bond acceptors (Lipinski definition) is 4. The van der Waals surface area contributed by atoms with Crippen molar-refractivity contribution in [3.8, 4) is 11.1 Å². The highest BCUT2D eigenvalue weighted by Crippen LogP contribution is 2.24. The van der Waals surface area contributed by atoms with Crippen LogP contribution in [-0.2, 0) is 6.54 Å². The predicted octanol–water partition coefficient (Wildman–Crippen LogP) is 3.17. The smallest absolute Gasteiger partial charge is 0.272 e. The Morgan fingerprint density at radius 3 is 2.74 bits per heavy atom. The summed E-state index contributed by atoms with van der Waals surface area (Å²) in [6.45, 7) is 2.21. The number of carbonyl (C=O) groups excluding carboxylic acids is 1. The van der Waals surface area contributed by atoms with Crippen molar-refractivity contribution >= 4 is 11.6 Å². The van der Waals surface area contributed by atoms with Crippen LogP contribution in [0.25, 0.3) is 16.8 Å². The minimum Gasteiger partial charge on any atom is -0.347 e. The van der Waals surface area contributed by atoms with Crippen LogP contribution in [0, 0.1) is 12.7 Å². The summed E-state index contributed by atoms with van der Waals surface area (Å²) >= 11 is 0. The third kappa shape index (κ3) is 3.52. The molecule has 134 valence electrons. The molecule has 4 rings (SSSR count). The minimum absolute atomic E-state index is 0.207. The van der Waals surface area contributed by atoms with Crippen molar-refractivity contribution in [3.63, 3.8) is 0 Å². The van der Waals surface area contributed by atoms with Crippen molar-refractivity contribution in [1.82, 2.24) is 25.1 Å². The molecule has 0 atom stereocenters. The molecule has 0 radical (unpaired) electrons. The monoisotopic (exact) mass is 361 g/mol. The van der Waals surface area contributed by atoms with Gasteiger partial charge in [-0.05, 0) is 36.2 Å². The van der Waals surface area contributed by atoms with E-state index in [1.54, 1.807) is 18.2 Å². The standard InChI is InChI=1S/C20H16FN5O/c1-13-5-7-15(8-6-13)17-10-18(25-26-12-23-24-19(17)26)20(27)22-11-14-3-2-4-16(21)9-14/h2-10,12H,11H2,1H3,(H,22,27). The highest BCUT2D eigenvalue weighted by atomic mass is 19.1. The topological polar surface area (TPSA) is 72.2 Å². The number of carbonyl (C=O) groups is 1. The van der Waals surface area contributed by atoms with E-state index in [9.17, 15) is 9.18 Å². The molecule has 7 heteroatoms. The number of fused-ring (bicyclic) bond motifs is 1. The van der Waals surface area contributed by atoms with Crippen molar-refractivity contribution in [2.45, 2.75) is 13.5 Å². The molecule has 1 amide bonds. The van der Waals surface area contributed by atoms with Gasteiger partial charge in [-0.2, -0.15) is 9.61 Å². The number of amides is 1. The number of hydrogen-bond donors (Lipinski definition) is 1. The number of aryl methyl sites for hydroxylation is 1. The van der Waals surface area contributed by atoms with Gasteiger partial charge in [0, 0.05) is 12.1 Å². The number of benzene rings is 2. The van der Waals surface area contributed by atoms with Gasteiger partial charge in [-0.1, -0.05) is 42.0 Å². The summed E-state index contributed by atoms with van der Waals surface area (Å²) in [6.07, 6.45) is 1.45. The molecular weight excluding hydrogens is 345 g/mol. The van der Waals surface area contributed by atoms with Crippen molar-refractivity contribution in [1.29, 1.82) is 0 Å². The molecule has 0 bridgehead atoms. The van der Waals surface area contributed by atoms with Crippen LogP contribution in [0.2, 0.25) is 0 Å². The van der Waals surface area contributed by atoms with Crippen LogP contribution in [0.1, 0.15) is 21.6 Å². The first-order valence-electron chi connectivity index (χ1n) is 8.41. The average Bonchev–Trinajstić information content (AvgIpc) is 3.15. The Labute approximate surface area is 154 Å². The molecule has 0 spiro atoms. The van der Waals surface area contributed by atoms with Gasteiger partial charge in [0.25, 0.3) is 5.91 Å². The Bertz CT molecular complexity index is 1120. The average molecular weight is 361 g/mol. The highest BCUT2D eigenvalue weighted by Gasteiger charge is 2.15. The van der Waals surface area contributed by atoms with E-state index in [1.807, 2.05) is 31.2 Å². The summed E-state index contributed by atoms with van der Waals surface area (Å²) in [5.74, 6) is -0.698. The van der Waals surface area contributed by atoms with Gasteiger partial charge < -0.3 is 5.32 Å². The molecule has 2 heterocycles. The van der Waals surface area contributed by atoms with Gasteiger partial charge in [0.2, 0.25) is 0 Å². The molecule has 0 aliphatic rings. The van der Waals surface area contributed by atoms with Crippen LogP contribution in [0.4, 0.5) is 4.39 Å². The molecule has 0 unspecified atom stereocenters. The van der Waals surface area contributed by atoms with Crippen LogP contribution < -0.4 is 5.32 Å². The Kier molecular flexibility index (Phi) is 4.33. The molecule has 0 aliphatic carbocycles. The van der Waals surface area contributed by atoms with Gasteiger partial charge in [0.1, 0.15) is 17.8 Å². The number of halogens is 1. The molecule has 4 aromatic rings. The van der Waals surface area contributed by atoms with Gasteiger partial charge in [0.15, 0.2) is 5.65 Å². The van der Waals surface area contributed by atoms with E-state index in [4.69, 9.17) is 0 Å². The maximum atomic E-state index is 13.3.